The number of carboxylic acid groups (broad SMARTS) is 1. The molecule has 0 aliphatic heterocycles. The summed E-state index contributed by atoms with van der Waals surface area (Å²) in [6.45, 7) is 0. The number of hydrogen-bond acceptors (Lipinski definition) is 4. The molecule has 0 aromatic rings. The van der Waals surface area contributed by atoms with Gasteiger partial charge in [0, 0.05) is 0 Å². The van der Waals surface area contributed by atoms with E-state index in [1.807, 2.05) is 0 Å². The van der Waals surface area contributed by atoms with Gasteiger partial charge in [-0.3, -0.25) is 4.79 Å². The van der Waals surface area contributed by atoms with E-state index in [1.165, 1.54) is 0 Å². The van der Waals surface area contributed by atoms with Crippen molar-refractivity contribution < 1.29 is 24.6 Å². The number of carboxylic acids is 1. The number of carbonyl (C=O) groups is 3. The topological polar surface area (TPSA) is 142 Å². The minimum atomic E-state index is -1.37. The molecule has 1 saturated carbocycles. The van der Waals surface area contributed by atoms with Crippen LogP contribution in [-0.2, 0) is 9.59 Å². The van der Waals surface area contributed by atoms with Gasteiger partial charge in [-0.2, -0.15) is 0 Å². The van der Waals surface area contributed by atoms with Crippen LogP contribution in [0.25, 0.3) is 0 Å². The third-order valence-corrected chi connectivity index (χ3v) is 3.30. The van der Waals surface area contributed by atoms with Crippen molar-refractivity contribution in [3.05, 3.63) is 0 Å². The molecule has 1 rings (SSSR count). The summed E-state index contributed by atoms with van der Waals surface area (Å²) in [6.07, 6.45) is 2.93. The first-order chi connectivity index (χ1) is 9.40. The fraction of sp³-hybridized carbons (Fsp3) is 0.750. The average molecular weight is 287 g/mol. The number of aliphatic hydroxyl groups excluding tert-OH is 1. The molecule has 0 radical (unpaired) electrons. The van der Waals surface area contributed by atoms with Crippen molar-refractivity contribution in [1.29, 1.82) is 0 Å². The number of nitrogens with one attached hydrogen (secondary N) is 2. The molecule has 0 bridgehead atoms. The number of primary amides is 1. The van der Waals surface area contributed by atoms with Crippen LogP contribution in [0.15, 0.2) is 0 Å². The Morgan fingerprint density at radius 2 is 1.85 bits per heavy atom. The summed E-state index contributed by atoms with van der Waals surface area (Å²) in [5.41, 5.74) is 4.92. The molecule has 114 valence electrons. The fourth-order valence-electron chi connectivity index (χ4n) is 2.23. The van der Waals surface area contributed by atoms with Crippen molar-refractivity contribution in [2.75, 3.05) is 0 Å². The quantitative estimate of drug-likeness (QED) is 0.425. The normalized spacial score (nSPS) is 24.2. The SMILES string of the molecule is NC(=O)C[C@H](NC(=O)NC1CCCCCC1O)C(=O)O. The Hall–Kier alpha value is -1.83. The van der Waals surface area contributed by atoms with Gasteiger partial charge in [0.15, 0.2) is 0 Å². The van der Waals surface area contributed by atoms with Gasteiger partial charge in [0.05, 0.1) is 18.6 Å². The van der Waals surface area contributed by atoms with Crippen molar-refractivity contribution in [3.8, 4) is 0 Å². The van der Waals surface area contributed by atoms with E-state index in [9.17, 15) is 19.5 Å². The third-order valence-electron chi connectivity index (χ3n) is 3.30. The van der Waals surface area contributed by atoms with E-state index >= 15 is 0 Å². The van der Waals surface area contributed by atoms with E-state index < -0.39 is 42.5 Å². The zero-order chi connectivity index (χ0) is 15.1. The van der Waals surface area contributed by atoms with Crippen LogP contribution in [0.3, 0.4) is 0 Å². The second-order valence-electron chi connectivity index (χ2n) is 4.99. The second-order valence-corrected chi connectivity index (χ2v) is 4.99. The van der Waals surface area contributed by atoms with Crippen LogP contribution in [0.2, 0.25) is 0 Å². The van der Waals surface area contributed by atoms with Gasteiger partial charge in [-0.25, -0.2) is 9.59 Å². The molecule has 3 atom stereocenters. The maximum atomic E-state index is 11.7. The third kappa shape index (κ3) is 5.43. The lowest BCUT2D eigenvalue weighted by atomic mass is 10.1. The Labute approximate surface area is 116 Å². The maximum absolute atomic E-state index is 11.7. The second kappa shape index (κ2) is 7.68. The standard InChI is InChI=1S/C12H21N3O5/c13-10(17)6-8(11(18)19)15-12(20)14-7-4-2-1-3-5-9(7)16/h7-9,16H,1-6H2,(H2,13,17)(H,18,19)(H2,14,15,20)/t7?,8-,9?/m0/s1. The number of nitrogens with two attached hydrogens (primary N) is 1. The lowest BCUT2D eigenvalue weighted by Crippen LogP contribution is -2.52. The lowest BCUT2D eigenvalue weighted by molar-refractivity contribution is -0.140. The highest BCUT2D eigenvalue weighted by molar-refractivity contribution is 5.87. The van der Waals surface area contributed by atoms with Crippen molar-refractivity contribution >= 4 is 17.9 Å². The van der Waals surface area contributed by atoms with Crippen LogP contribution in [0.5, 0.6) is 0 Å². The summed E-state index contributed by atoms with van der Waals surface area (Å²) in [5.74, 6) is -2.15. The van der Waals surface area contributed by atoms with Gasteiger partial charge in [0.25, 0.3) is 0 Å². The van der Waals surface area contributed by atoms with Crippen LogP contribution < -0.4 is 16.4 Å². The number of rotatable bonds is 5. The van der Waals surface area contributed by atoms with Gasteiger partial charge in [-0.15, -0.1) is 0 Å². The predicted octanol–water partition coefficient (Wildman–Crippen LogP) is -0.692. The van der Waals surface area contributed by atoms with E-state index in [0.717, 1.165) is 19.3 Å². The molecule has 1 fully saturated rings. The van der Waals surface area contributed by atoms with E-state index in [4.69, 9.17) is 10.8 Å². The van der Waals surface area contributed by atoms with Gasteiger partial charge >= 0.3 is 12.0 Å². The molecule has 1 aliphatic carbocycles. The van der Waals surface area contributed by atoms with Crippen molar-refractivity contribution in [2.45, 2.75) is 56.7 Å². The largest absolute Gasteiger partial charge is 0.480 e. The molecule has 0 saturated heterocycles. The number of urea groups is 1. The van der Waals surface area contributed by atoms with Gasteiger partial charge in [0.2, 0.25) is 5.91 Å². The van der Waals surface area contributed by atoms with Gasteiger partial charge < -0.3 is 26.6 Å². The van der Waals surface area contributed by atoms with Gasteiger partial charge in [-0.1, -0.05) is 19.3 Å². The first-order valence-electron chi connectivity index (χ1n) is 6.66. The predicted molar refractivity (Wildman–Crippen MR) is 69.8 cm³/mol. The maximum Gasteiger partial charge on any atom is 0.326 e. The molecule has 3 amide bonds. The molecule has 0 aromatic carbocycles. The molecular formula is C12H21N3O5. The molecule has 0 aromatic heterocycles. The van der Waals surface area contributed by atoms with Crippen LogP contribution in [0, 0.1) is 0 Å². The van der Waals surface area contributed by atoms with Crippen molar-refractivity contribution in [2.24, 2.45) is 5.73 Å². The smallest absolute Gasteiger partial charge is 0.326 e. The summed E-state index contributed by atoms with van der Waals surface area (Å²) in [5, 5.41) is 23.5. The molecule has 6 N–H and O–H groups in total. The first kappa shape index (κ1) is 16.2. The Morgan fingerprint density at radius 1 is 1.20 bits per heavy atom. The highest BCUT2D eigenvalue weighted by Crippen LogP contribution is 2.17. The number of aliphatic hydroxyl groups is 1. The molecule has 0 spiro atoms. The van der Waals surface area contributed by atoms with E-state index in [0.29, 0.717) is 12.8 Å². The van der Waals surface area contributed by atoms with Crippen LogP contribution in [0.4, 0.5) is 4.79 Å². The Bertz CT molecular complexity index is 374. The van der Waals surface area contributed by atoms with Crippen LogP contribution >= 0.6 is 0 Å². The summed E-state index contributed by atoms with van der Waals surface area (Å²) in [4.78, 5) is 33.3. The monoisotopic (exact) mass is 287 g/mol. The molecule has 0 heterocycles. The molecule has 1 aliphatic rings. The minimum Gasteiger partial charge on any atom is -0.480 e. The molecule has 20 heavy (non-hydrogen) atoms. The van der Waals surface area contributed by atoms with E-state index in [1.54, 1.807) is 0 Å². The summed E-state index contributed by atoms with van der Waals surface area (Å²) in [6, 6.07) is -2.49. The zero-order valence-electron chi connectivity index (χ0n) is 11.2. The van der Waals surface area contributed by atoms with Crippen LogP contribution in [-0.4, -0.2) is 46.3 Å². The number of hydrogen-bond donors (Lipinski definition) is 5. The Kier molecular flexibility index (Phi) is 6.23. The highest BCUT2D eigenvalue weighted by atomic mass is 16.4. The Morgan fingerprint density at radius 3 is 2.45 bits per heavy atom. The zero-order valence-corrected chi connectivity index (χ0v) is 11.2. The van der Waals surface area contributed by atoms with Crippen molar-refractivity contribution in [3.63, 3.8) is 0 Å². The number of amides is 3. The van der Waals surface area contributed by atoms with E-state index in [-0.39, 0.29) is 0 Å². The van der Waals surface area contributed by atoms with Crippen molar-refractivity contribution in [1.82, 2.24) is 10.6 Å². The lowest BCUT2D eigenvalue weighted by Gasteiger charge is -2.23. The van der Waals surface area contributed by atoms with Crippen LogP contribution in [0.1, 0.15) is 38.5 Å². The molecule has 8 nitrogen and oxygen atoms in total. The number of aliphatic carboxylic acids is 1. The Balaban J connectivity index is 2.51. The molecule has 8 heteroatoms. The molecule has 2 unspecified atom stereocenters. The fourth-order valence-corrected chi connectivity index (χ4v) is 2.23. The highest BCUT2D eigenvalue weighted by Gasteiger charge is 2.26. The molecular weight excluding hydrogens is 266 g/mol. The average Bonchev–Trinajstić information content (AvgIpc) is 2.53. The minimum absolute atomic E-state index is 0.402. The van der Waals surface area contributed by atoms with Gasteiger partial charge in [0.1, 0.15) is 6.04 Å². The summed E-state index contributed by atoms with van der Waals surface area (Å²) >= 11 is 0. The summed E-state index contributed by atoms with van der Waals surface area (Å²) in [7, 11) is 0. The number of carbonyl (C=O) groups excluding carboxylic acids is 2. The first-order valence-corrected chi connectivity index (χ1v) is 6.66. The summed E-state index contributed by atoms with van der Waals surface area (Å²) < 4.78 is 0. The van der Waals surface area contributed by atoms with E-state index in [2.05, 4.69) is 10.6 Å². The van der Waals surface area contributed by atoms with Gasteiger partial charge in [-0.05, 0) is 12.8 Å².